The minimum absolute atomic E-state index is 0.114. The molecule has 0 aromatic heterocycles. The molecule has 0 aliphatic carbocycles. The number of carboxylic acids is 1. The minimum Gasteiger partial charge on any atom is -0.504 e. The third kappa shape index (κ3) is 7.93. The number of aliphatic hydroxyl groups is 6. The zero-order chi connectivity index (χ0) is 20.4. The quantitative estimate of drug-likeness (QED) is 0.199. The molecule has 1 aromatic rings. The maximum absolute atomic E-state index is 10.4. The van der Waals surface area contributed by atoms with Gasteiger partial charge in [-0.2, -0.15) is 0 Å². The van der Waals surface area contributed by atoms with Crippen LogP contribution in [0.2, 0.25) is 0 Å². The molecule has 11 heteroatoms. The summed E-state index contributed by atoms with van der Waals surface area (Å²) in [4.78, 5) is 10.4. The van der Waals surface area contributed by atoms with Crippen molar-refractivity contribution in [2.45, 2.75) is 36.9 Å². The number of aliphatic hydroxyl groups excluding tert-OH is 6. The molecule has 0 fully saturated rings. The van der Waals surface area contributed by atoms with E-state index in [1.807, 2.05) is 0 Å². The van der Waals surface area contributed by atoms with Crippen molar-refractivity contribution in [1.82, 2.24) is 0 Å². The Balaban J connectivity index is 0.000000488. The second kappa shape index (κ2) is 11.6. The lowest BCUT2D eigenvalue weighted by molar-refractivity contribution is -0.138. The van der Waals surface area contributed by atoms with Gasteiger partial charge < -0.3 is 51.7 Å². The fourth-order valence-electron chi connectivity index (χ4n) is 1.71. The minimum atomic E-state index is -1.67. The Morgan fingerprint density at radius 1 is 0.923 bits per heavy atom. The standard InChI is InChI=1S/C9H11NO4.C6H14O6/c10-6(9(13)14)3-5-1-2-7(11)8(12)4-5;7-1-3(9)5(11)6(12)4(10)2-8/h1-2,4,6,11-12H,3,10H2,(H,13,14);3-12H,1-2H2/t6-;3-,4-,5-,6-/m01/s1. The summed E-state index contributed by atoms with van der Waals surface area (Å²) >= 11 is 0. The molecular weight excluding hydrogens is 354 g/mol. The van der Waals surface area contributed by atoms with Gasteiger partial charge in [-0.3, -0.25) is 4.79 Å². The maximum atomic E-state index is 10.4. The number of carbonyl (C=O) groups is 1. The molecule has 0 spiro atoms. The number of aliphatic carboxylic acids is 1. The van der Waals surface area contributed by atoms with Crippen molar-refractivity contribution in [2.24, 2.45) is 5.73 Å². The van der Waals surface area contributed by atoms with Crippen LogP contribution in [0.4, 0.5) is 0 Å². The average Bonchev–Trinajstić information content (AvgIpc) is 2.62. The summed E-state index contributed by atoms with van der Waals surface area (Å²) in [5.74, 6) is -1.62. The van der Waals surface area contributed by atoms with E-state index in [0.29, 0.717) is 5.56 Å². The Hall–Kier alpha value is -1.99. The van der Waals surface area contributed by atoms with Gasteiger partial charge in [0.25, 0.3) is 0 Å². The second-order valence-electron chi connectivity index (χ2n) is 5.45. The van der Waals surface area contributed by atoms with E-state index >= 15 is 0 Å². The van der Waals surface area contributed by atoms with Gasteiger partial charge in [0.05, 0.1) is 13.2 Å². The second-order valence-corrected chi connectivity index (χ2v) is 5.45. The van der Waals surface area contributed by atoms with Crippen LogP contribution in [0.15, 0.2) is 18.2 Å². The van der Waals surface area contributed by atoms with Crippen LogP contribution >= 0.6 is 0 Å². The largest absolute Gasteiger partial charge is 0.504 e. The Morgan fingerprint density at radius 2 is 1.38 bits per heavy atom. The number of rotatable bonds is 8. The Labute approximate surface area is 148 Å². The van der Waals surface area contributed by atoms with E-state index in [9.17, 15) is 4.79 Å². The summed E-state index contributed by atoms with van der Waals surface area (Å²) in [5, 5.41) is 78.8. The van der Waals surface area contributed by atoms with Crippen molar-refractivity contribution in [3.63, 3.8) is 0 Å². The van der Waals surface area contributed by atoms with E-state index in [-0.39, 0.29) is 17.9 Å². The number of hydrogen-bond acceptors (Lipinski definition) is 10. The highest BCUT2D eigenvalue weighted by Crippen LogP contribution is 2.25. The van der Waals surface area contributed by atoms with Crippen molar-refractivity contribution in [1.29, 1.82) is 0 Å². The van der Waals surface area contributed by atoms with Crippen molar-refractivity contribution in [3.05, 3.63) is 23.8 Å². The van der Waals surface area contributed by atoms with Gasteiger partial charge in [-0.15, -0.1) is 0 Å². The Kier molecular flexibility index (Phi) is 10.7. The molecule has 0 bridgehead atoms. The van der Waals surface area contributed by atoms with Crippen LogP contribution in [0.5, 0.6) is 11.5 Å². The number of benzene rings is 1. The first kappa shape index (κ1) is 24.0. The third-order valence-electron chi connectivity index (χ3n) is 3.33. The van der Waals surface area contributed by atoms with Gasteiger partial charge in [0.15, 0.2) is 11.5 Å². The molecule has 26 heavy (non-hydrogen) atoms. The number of carboxylic acid groups (broad SMARTS) is 1. The molecular formula is C15H25NO10. The van der Waals surface area contributed by atoms with Crippen LogP contribution in [-0.2, 0) is 11.2 Å². The van der Waals surface area contributed by atoms with Crippen molar-refractivity contribution < 1.29 is 50.8 Å². The van der Waals surface area contributed by atoms with E-state index in [0.717, 1.165) is 0 Å². The number of nitrogens with two attached hydrogens (primary N) is 1. The molecule has 0 saturated carbocycles. The zero-order valence-electron chi connectivity index (χ0n) is 13.8. The smallest absolute Gasteiger partial charge is 0.320 e. The summed E-state index contributed by atoms with van der Waals surface area (Å²) in [6.07, 6.45) is -6.28. The molecule has 150 valence electrons. The van der Waals surface area contributed by atoms with Gasteiger partial charge in [-0.25, -0.2) is 0 Å². The number of aromatic hydroxyl groups is 2. The first-order valence-corrected chi connectivity index (χ1v) is 7.48. The van der Waals surface area contributed by atoms with E-state index < -0.39 is 49.6 Å². The third-order valence-corrected chi connectivity index (χ3v) is 3.33. The summed E-state index contributed by atoms with van der Waals surface area (Å²) in [7, 11) is 0. The number of hydrogen-bond donors (Lipinski definition) is 10. The van der Waals surface area contributed by atoms with E-state index in [4.69, 9.17) is 51.7 Å². The van der Waals surface area contributed by atoms with Gasteiger partial charge in [-0.1, -0.05) is 6.07 Å². The summed E-state index contributed by atoms with van der Waals surface area (Å²) in [6.45, 7) is -1.45. The predicted molar refractivity (Wildman–Crippen MR) is 87.3 cm³/mol. The van der Waals surface area contributed by atoms with Crippen molar-refractivity contribution in [2.75, 3.05) is 13.2 Å². The average molecular weight is 379 g/mol. The van der Waals surface area contributed by atoms with Crippen molar-refractivity contribution >= 4 is 5.97 Å². The summed E-state index contributed by atoms with van der Waals surface area (Å²) in [6, 6.07) is 3.09. The fraction of sp³-hybridized carbons (Fsp3) is 0.533. The zero-order valence-corrected chi connectivity index (χ0v) is 13.8. The van der Waals surface area contributed by atoms with Crippen LogP contribution in [0, 0.1) is 0 Å². The lowest BCUT2D eigenvalue weighted by atomic mass is 10.0. The summed E-state index contributed by atoms with van der Waals surface area (Å²) in [5.41, 5.74) is 5.86. The molecule has 0 amide bonds. The maximum Gasteiger partial charge on any atom is 0.320 e. The molecule has 11 nitrogen and oxygen atoms in total. The van der Waals surface area contributed by atoms with Gasteiger partial charge in [0, 0.05) is 0 Å². The molecule has 0 unspecified atom stereocenters. The highest BCUT2D eigenvalue weighted by Gasteiger charge is 2.29. The summed E-state index contributed by atoms with van der Waals surface area (Å²) < 4.78 is 0. The van der Waals surface area contributed by atoms with Crippen LogP contribution in [0.1, 0.15) is 5.56 Å². The van der Waals surface area contributed by atoms with Gasteiger partial charge in [0.2, 0.25) is 0 Å². The van der Waals surface area contributed by atoms with E-state index in [1.165, 1.54) is 18.2 Å². The Morgan fingerprint density at radius 3 is 1.73 bits per heavy atom. The SMILES string of the molecule is N[C@@H](Cc1ccc(O)c(O)c1)C(=O)O.OC[C@@H](O)[C@@H](O)[C@H](O)[C@H](O)CO. The molecule has 0 saturated heterocycles. The van der Waals surface area contributed by atoms with E-state index in [1.54, 1.807) is 0 Å². The molecule has 0 heterocycles. The van der Waals surface area contributed by atoms with Crippen LogP contribution in [0.25, 0.3) is 0 Å². The molecule has 1 rings (SSSR count). The molecule has 0 aliphatic rings. The van der Waals surface area contributed by atoms with Gasteiger partial charge in [0.1, 0.15) is 30.5 Å². The predicted octanol–water partition coefficient (Wildman–Crippen LogP) is -3.53. The highest BCUT2D eigenvalue weighted by atomic mass is 16.4. The van der Waals surface area contributed by atoms with Crippen LogP contribution in [-0.4, -0.2) is 95.6 Å². The van der Waals surface area contributed by atoms with Crippen molar-refractivity contribution in [3.8, 4) is 11.5 Å². The number of phenols is 2. The van der Waals surface area contributed by atoms with Gasteiger partial charge >= 0.3 is 5.97 Å². The van der Waals surface area contributed by atoms with Crippen LogP contribution < -0.4 is 5.73 Å². The van der Waals surface area contributed by atoms with Crippen LogP contribution in [0.3, 0.4) is 0 Å². The first-order valence-electron chi connectivity index (χ1n) is 7.48. The first-order chi connectivity index (χ1) is 12.0. The van der Waals surface area contributed by atoms with Gasteiger partial charge in [-0.05, 0) is 24.1 Å². The highest BCUT2D eigenvalue weighted by molar-refractivity contribution is 5.73. The monoisotopic (exact) mass is 379 g/mol. The van der Waals surface area contributed by atoms with E-state index in [2.05, 4.69) is 0 Å². The molecule has 11 N–H and O–H groups in total. The topological polar surface area (TPSA) is 225 Å². The lowest BCUT2D eigenvalue weighted by Crippen LogP contribution is -2.46. The molecule has 0 aliphatic heterocycles. The fourth-order valence-corrected chi connectivity index (χ4v) is 1.71. The molecule has 1 aromatic carbocycles. The lowest BCUT2D eigenvalue weighted by Gasteiger charge is -2.24. The normalized spacial score (nSPS) is 16.6. The Bertz CT molecular complexity index is 541. The number of phenolic OH excluding ortho intramolecular Hbond substituents is 2. The molecule has 5 atom stereocenters. The molecule has 0 radical (unpaired) electrons.